The van der Waals surface area contributed by atoms with E-state index in [9.17, 15) is 9.59 Å². The highest BCUT2D eigenvalue weighted by atomic mass is 16.5. The average molecular weight is 564 g/mol. The van der Waals surface area contributed by atoms with Gasteiger partial charge in [0.15, 0.2) is 6.10 Å². The zero-order chi connectivity index (χ0) is 29.6. The average Bonchev–Trinajstić information content (AvgIpc) is 3.04. The number of carbonyl (C=O) groups excluding carboxylic acids is 2. The van der Waals surface area contributed by atoms with Crippen LogP contribution >= 0.6 is 0 Å². The van der Waals surface area contributed by atoms with Crippen molar-refractivity contribution in [2.45, 2.75) is 13.0 Å². The number of methoxy groups -OCH3 is 3. The molecule has 4 aromatic carbocycles. The molecule has 0 aliphatic carbocycles. The van der Waals surface area contributed by atoms with E-state index in [0.717, 1.165) is 16.9 Å². The molecule has 0 radical (unpaired) electrons. The van der Waals surface area contributed by atoms with Gasteiger partial charge in [-0.05, 0) is 97.9 Å². The Morgan fingerprint density at radius 1 is 0.643 bits per heavy atom. The lowest BCUT2D eigenvalue weighted by Gasteiger charge is -2.15. The molecule has 1 amide bonds. The van der Waals surface area contributed by atoms with Gasteiger partial charge in [-0.2, -0.15) is 0 Å². The van der Waals surface area contributed by atoms with E-state index in [2.05, 4.69) is 5.32 Å². The highest BCUT2D eigenvalue weighted by molar-refractivity contribution is 5.99. The normalized spacial score (nSPS) is 11.4. The number of ether oxygens (including phenoxy) is 4. The van der Waals surface area contributed by atoms with Crippen LogP contribution in [0.4, 0.5) is 5.69 Å². The van der Waals surface area contributed by atoms with Gasteiger partial charge in [-0.3, -0.25) is 4.79 Å². The summed E-state index contributed by atoms with van der Waals surface area (Å²) in [6.45, 7) is 1.51. The molecule has 0 fully saturated rings. The smallest absolute Gasteiger partial charge is 0.338 e. The molecule has 0 aliphatic heterocycles. The van der Waals surface area contributed by atoms with E-state index >= 15 is 0 Å². The van der Waals surface area contributed by atoms with Crippen LogP contribution in [0.2, 0.25) is 0 Å². The maximum atomic E-state index is 13.0. The maximum Gasteiger partial charge on any atom is 0.338 e. The summed E-state index contributed by atoms with van der Waals surface area (Å²) in [6, 6.07) is 26.9. The van der Waals surface area contributed by atoms with Crippen molar-refractivity contribution < 1.29 is 28.5 Å². The second-order valence-electron chi connectivity index (χ2n) is 9.35. The molecule has 1 heterocycles. The van der Waals surface area contributed by atoms with Gasteiger partial charge >= 0.3 is 5.97 Å². The van der Waals surface area contributed by atoms with Gasteiger partial charge in [0, 0.05) is 16.8 Å². The van der Waals surface area contributed by atoms with Crippen molar-refractivity contribution in [2.24, 2.45) is 0 Å². The SMILES string of the molecule is COc1ccc(NC(=O)C(C)OC(=O)c2ccc3nc(-c4ccc(OC)cc4)c(-c4ccc(OC)cc4)nc3c2)cc1. The topological polar surface area (TPSA) is 109 Å². The molecule has 5 aromatic rings. The van der Waals surface area contributed by atoms with E-state index < -0.39 is 18.0 Å². The van der Waals surface area contributed by atoms with E-state index in [1.165, 1.54) is 6.92 Å². The van der Waals surface area contributed by atoms with Crippen molar-refractivity contribution in [1.82, 2.24) is 9.97 Å². The molecule has 0 bridgehead atoms. The second-order valence-corrected chi connectivity index (χ2v) is 9.35. The molecule has 0 saturated carbocycles. The van der Waals surface area contributed by atoms with Crippen molar-refractivity contribution >= 4 is 28.6 Å². The Hall–Kier alpha value is -5.44. The number of benzene rings is 4. The fourth-order valence-corrected chi connectivity index (χ4v) is 4.28. The number of hydrogen-bond acceptors (Lipinski definition) is 8. The summed E-state index contributed by atoms with van der Waals surface area (Å²) < 4.78 is 21.2. The Morgan fingerprint density at radius 2 is 1.12 bits per heavy atom. The first kappa shape index (κ1) is 28.1. The van der Waals surface area contributed by atoms with Gasteiger partial charge in [-0.15, -0.1) is 0 Å². The van der Waals surface area contributed by atoms with Gasteiger partial charge in [0.05, 0.1) is 49.3 Å². The van der Waals surface area contributed by atoms with Crippen molar-refractivity contribution in [1.29, 1.82) is 0 Å². The number of esters is 1. The number of nitrogens with one attached hydrogen (secondary N) is 1. The molecule has 1 atom stereocenters. The number of aromatic nitrogens is 2. The molecule has 1 N–H and O–H groups in total. The lowest BCUT2D eigenvalue weighted by Crippen LogP contribution is -2.30. The maximum absolute atomic E-state index is 13.0. The Bertz CT molecular complexity index is 1720. The van der Waals surface area contributed by atoms with Crippen LogP contribution in [0.5, 0.6) is 17.2 Å². The summed E-state index contributed by atoms with van der Waals surface area (Å²) in [5.41, 5.74) is 4.90. The highest BCUT2D eigenvalue weighted by Gasteiger charge is 2.21. The quantitative estimate of drug-likeness (QED) is 0.212. The van der Waals surface area contributed by atoms with Crippen molar-refractivity contribution in [3.8, 4) is 39.8 Å². The number of rotatable bonds is 9. The van der Waals surface area contributed by atoms with Crippen LogP contribution in [0, 0.1) is 0 Å². The first-order chi connectivity index (χ1) is 20.4. The van der Waals surface area contributed by atoms with Crippen LogP contribution < -0.4 is 19.5 Å². The van der Waals surface area contributed by atoms with Gasteiger partial charge in [0.2, 0.25) is 0 Å². The molecule has 0 saturated heterocycles. The Kier molecular flexibility index (Phi) is 8.29. The fourth-order valence-electron chi connectivity index (χ4n) is 4.28. The highest BCUT2D eigenvalue weighted by Crippen LogP contribution is 2.33. The minimum absolute atomic E-state index is 0.249. The van der Waals surface area contributed by atoms with Gasteiger partial charge in [0.1, 0.15) is 17.2 Å². The van der Waals surface area contributed by atoms with Crippen LogP contribution in [0.1, 0.15) is 17.3 Å². The van der Waals surface area contributed by atoms with Gasteiger partial charge in [-0.25, -0.2) is 14.8 Å². The minimum atomic E-state index is -1.03. The van der Waals surface area contributed by atoms with E-state index in [1.54, 1.807) is 63.8 Å². The molecule has 1 unspecified atom stereocenters. The number of amides is 1. The number of nitrogens with zero attached hydrogens (tertiary/aromatic N) is 2. The van der Waals surface area contributed by atoms with Crippen LogP contribution in [0.15, 0.2) is 91.0 Å². The Labute approximate surface area is 243 Å². The van der Waals surface area contributed by atoms with E-state index in [0.29, 0.717) is 39.6 Å². The molecule has 9 nitrogen and oxygen atoms in total. The Balaban J connectivity index is 1.43. The summed E-state index contributed by atoms with van der Waals surface area (Å²) >= 11 is 0. The monoisotopic (exact) mass is 563 g/mol. The second kappa shape index (κ2) is 12.4. The summed E-state index contributed by atoms with van der Waals surface area (Å²) in [4.78, 5) is 35.5. The van der Waals surface area contributed by atoms with Crippen molar-refractivity contribution in [3.63, 3.8) is 0 Å². The first-order valence-electron chi connectivity index (χ1n) is 13.1. The number of carbonyl (C=O) groups is 2. The van der Waals surface area contributed by atoms with Crippen molar-refractivity contribution in [3.05, 3.63) is 96.6 Å². The lowest BCUT2D eigenvalue weighted by molar-refractivity contribution is -0.123. The van der Waals surface area contributed by atoms with E-state index in [-0.39, 0.29) is 5.56 Å². The number of hydrogen-bond donors (Lipinski definition) is 1. The summed E-state index contributed by atoms with van der Waals surface area (Å²) in [5.74, 6) is 1.00. The van der Waals surface area contributed by atoms with Gasteiger partial charge in [-0.1, -0.05) is 0 Å². The number of anilines is 1. The summed E-state index contributed by atoms with van der Waals surface area (Å²) in [6.07, 6.45) is -1.03. The van der Waals surface area contributed by atoms with Crippen LogP contribution in [0.25, 0.3) is 33.5 Å². The molecular weight excluding hydrogens is 534 g/mol. The van der Waals surface area contributed by atoms with E-state index in [4.69, 9.17) is 28.9 Å². The molecule has 0 spiro atoms. The van der Waals surface area contributed by atoms with Crippen LogP contribution in [-0.2, 0) is 9.53 Å². The standard InChI is InChI=1S/C33H29N3O6/c1-20(32(37)34-24-10-16-27(41-4)17-11-24)42-33(38)23-9-18-28-29(19-23)36-31(22-7-14-26(40-3)15-8-22)30(35-28)21-5-12-25(39-2)13-6-21/h5-20H,1-4H3,(H,34,37). The molecule has 5 rings (SSSR count). The zero-order valence-corrected chi connectivity index (χ0v) is 23.6. The molecular formula is C33H29N3O6. The zero-order valence-electron chi connectivity index (χ0n) is 23.6. The molecule has 9 heteroatoms. The number of fused-ring (bicyclic) bond motifs is 1. The predicted molar refractivity (Wildman–Crippen MR) is 160 cm³/mol. The van der Waals surface area contributed by atoms with Gasteiger partial charge in [0.25, 0.3) is 5.91 Å². The van der Waals surface area contributed by atoms with Crippen LogP contribution in [-0.4, -0.2) is 49.3 Å². The minimum Gasteiger partial charge on any atom is -0.497 e. The summed E-state index contributed by atoms with van der Waals surface area (Å²) in [5, 5.41) is 2.73. The summed E-state index contributed by atoms with van der Waals surface area (Å²) in [7, 11) is 4.79. The lowest BCUT2D eigenvalue weighted by atomic mass is 10.0. The van der Waals surface area contributed by atoms with Gasteiger partial charge < -0.3 is 24.3 Å². The first-order valence-corrected chi connectivity index (χ1v) is 13.1. The third-order valence-corrected chi connectivity index (χ3v) is 6.64. The molecule has 42 heavy (non-hydrogen) atoms. The van der Waals surface area contributed by atoms with Crippen molar-refractivity contribution in [2.75, 3.05) is 26.6 Å². The molecule has 212 valence electrons. The molecule has 0 aliphatic rings. The molecule has 1 aromatic heterocycles. The Morgan fingerprint density at radius 3 is 1.62 bits per heavy atom. The predicted octanol–water partition coefficient (Wildman–Crippen LogP) is 6.17. The van der Waals surface area contributed by atoms with Crippen LogP contribution in [0.3, 0.4) is 0 Å². The third kappa shape index (κ3) is 6.15. The van der Waals surface area contributed by atoms with E-state index in [1.807, 2.05) is 48.5 Å². The third-order valence-electron chi connectivity index (χ3n) is 6.64. The fraction of sp³-hybridized carbons (Fsp3) is 0.152. The largest absolute Gasteiger partial charge is 0.497 e.